The Balaban J connectivity index is 0.00000225. The van der Waals surface area contributed by atoms with E-state index < -0.39 is 0 Å². The Labute approximate surface area is 155 Å². The molecular formula is C17H30ClN5O2. The van der Waals surface area contributed by atoms with Crippen molar-refractivity contribution in [2.75, 3.05) is 19.7 Å². The third-order valence-electron chi connectivity index (χ3n) is 5.35. The number of rotatable bonds is 5. The molecule has 2 aliphatic rings. The molecule has 2 fully saturated rings. The molecule has 0 bridgehead atoms. The number of hydrogen-bond donors (Lipinski definition) is 2. The highest BCUT2D eigenvalue weighted by atomic mass is 35.5. The predicted molar refractivity (Wildman–Crippen MR) is 97.5 cm³/mol. The lowest BCUT2D eigenvalue weighted by atomic mass is 9.82. The summed E-state index contributed by atoms with van der Waals surface area (Å²) in [5.74, 6) is 1.66. The van der Waals surface area contributed by atoms with E-state index in [2.05, 4.69) is 22.1 Å². The van der Waals surface area contributed by atoms with E-state index in [1.165, 1.54) is 0 Å². The first-order valence-electron chi connectivity index (χ1n) is 9.20. The summed E-state index contributed by atoms with van der Waals surface area (Å²) in [6, 6.07) is -0.0222. The summed E-state index contributed by atoms with van der Waals surface area (Å²) in [5.41, 5.74) is 6.25. The number of aromatic nitrogens is 3. The molecule has 25 heavy (non-hydrogen) atoms. The summed E-state index contributed by atoms with van der Waals surface area (Å²) >= 11 is 0. The Morgan fingerprint density at radius 3 is 2.72 bits per heavy atom. The minimum atomic E-state index is -0.0222. The van der Waals surface area contributed by atoms with E-state index in [9.17, 15) is 4.79 Å². The van der Waals surface area contributed by atoms with E-state index in [-0.39, 0.29) is 36.4 Å². The zero-order valence-corrected chi connectivity index (χ0v) is 15.7. The summed E-state index contributed by atoms with van der Waals surface area (Å²) in [4.78, 5) is 19.1. The van der Waals surface area contributed by atoms with Crippen molar-refractivity contribution in [1.82, 2.24) is 20.1 Å². The van der Waals surface area contributed by atoms with Gasteiger partial charge in [-0.05, 0) is 38.5 Å². The third kappa shape index (κ3) is 4.92. The number of amides is 1. The molecule has 1 aromatic rings. The molecule has 3 rings (SSSR count). The van der Waals surface area contributed by atoms with Crippen LogP contribution in [0, 0.1) is 5.92 Å². The van der Waals surface area contributed by atoms with Crippen LogP contribution < -0.4 is 5.73 Å². The van der Waals surface area contributed by atoms with Gasteiger partial charge in [0.15, 0.2) is 0 Å². The maximum atomic E-state index is 12.8. The van der Waals surface area contributed by atoms with E-state index in [0.717, 1.165) is 64.0 Å². The third-order valence-corrected chi connectivity index (χ3v) is 5.35. The number of nitrogens with two attached hydrogens (primary N) is 1. The number of piperidine rings is 1. The first kappa shape index (κ1) is 20.1. The number of carbonyl (C=O) groups is 1. The molecule has 1 saturated carbocycles. The molecule has 8 heteroatoms. The molecule has 0 unspecified atom stereocenters. The van der Waals surface area contributed by atoms with Crippen molar-refractivity contribution in [1.29, 1.82) is 0 Å². The maximum Gasteiger partial charge on any atom is 0.225 e. The number of likely N-dealkylation sites (tertiary alicyclic amines) is 1. The van der Waals surface area contributed by atoms with E-state index in [4.69, 9.17) is 10.5 Å². The second kappa shape index (κ2) is 9.50. The maximum absolute atomic E-state index is 12.8. The van der Waals surface area contributed by atoms with Crippen LogP contribution in [0.4, 0.5) is 0 Å². The van der Waals surface area contributed by atoms with Gasteiger partial charge in [-0.25, -0.2) is 4.98 Å². The predicted octanol–water partition coefficient (Wildman–Crippen LogP) is 1.86. The zero-order chi connectivity index (χ0) is 16.9. The van der Waals surface area contributed by atoms with Gasteiger partial charge in [0.25, 0.3) is 0 Å². The fourth-order valence-corrected chi connectivity index (χ4v) is 3.92. The van der Waals surface area contributed by atoms with Crippen molar-refractivity contribution in [2.24, 2.45) is 11.7 Å². The van der Waals surface area contributed by atoms with Gasteiger partial charge >= 0.3 is 0 Å². The molecule has 0 spiro atoms. The number of aromatic amines is 1. The van der Waals surface area contributed by atoms with Gasteiger partial charge in [-0.3, -0.25) is 9.89 Å². The van der Waals surface area contributed by atoms with Gasteiger partial charge in [-0.1, -0.05) is 6.92 Å². The van der Waals surface area contributed by atoms with Crippen LogP contribution in [0.25, 0.3) is 0 Å². The quantitative estimate of drug-likeness (QED) is 0.823. The Morgan fingerprint density at radius 1 is 1.36 bits per heavy atom. The van der Waals surface area contributed by atoms with Gasteiger partial charge in [-0.2, -0.15) is 5.10 Å². The average molecular weight is 372 g/mol. The number of hydrogen-bond acceptors (Lipinski definition) is 5. The normalized spacial score (nSPS) is 27.8. The molecular weight excluding hydrogens is 342 g/mol. The second-order valence-electron chi connectivity index (χ2n) is 7.05. The summed E-state index contributed by atoms with van der Waals surface area (Å²) in [7, 11) is 0. The van der Waals surface area contributed by atoms with Gasteiger partial charge in [0.1, 0.15) is 12.2 Å². The lowest BCUT2D eigenvalue weighted by molar-refractivity contribution is -0.139. The van der Waals surface area contributed by atoms with Crippen LogP contribution in [-0.4, -0.2) is 57.8 Å². The average Bonchev–Trinajstić information content (AvgIpc) is 3.15. The topological polar surface area (TPSA) is 97.1 Å². The Hall–Kier alpha value is -1.18. The fourth-order valence-electron chi connectivity index (χ4n) is 3.92. The smallest absolute Gasteiger partial charge is 0.225 e. The number of nitrogens with one attached hydrogen (secondary N) is 1. The van der Waals surface area contributed by atoms with Crippen LogP contribution in [0.3, 0.4) is 0 Å². The minimum Gasteiger partial charge on any atom is -0.377 e. The van der Waals surface area contributed by atoms with Crippen LogP contribution in [0.2, 0.25) is 0 Å². The summed E-state index contributed by atoms with van der Waals surface area (Å²) < 4.78 is 5.81. The number of ether oxygens (including phenoxy) is 1. The van der Waals surface area contributed by atoms with Crippen molar-refractivity contribution < 1.29 is 9.53 Å². The fraction of sp³-hybridized carbons (Fsp3) is 0.824. The van der Waals surface area contributed by atoms with Crippen LogP contribution in [-0.2, 0) is 9.53 Å². The number of H-pyrrole nitrogens is 1. The first-order valence-corrected chi connectivity index (χ1v) is 9.20. The monoisotopic (exact) mass is 371 g/mol. The number of nitrogens with zero attached hydrogens (tertiary/aromatic N) is 3. The highest BCUT2D eigenvalue weighted by Crippen LogP contribution is 2.30. The molecule has 2 heterocycles. The Kier molecular flexibility index (Phi) is 7.65. The van der Waals surface area contributed by atoms with Crippen molar-refractivity contribution in [3.63, 3.8) is 0 Å². The number of halogens is 1. The molecule has 7 nitrogen and oxygen atoms in total. The molecule has 0 radical (unpaired) electrons. The van der Waals surface area contributed by atoms with Gasteiger partial charge in [-0.15, -0.1) is 12.4 Å². The molecule has 1 aromatic heterocycles. The van der Waals surface area contributed by atoms with Crippen molar-refractivity contribution in [3.05, 3.63) is 12.2 Å². The SMILES string of the molecule is CCCO[C@@H]1CC[C@H](C(=O)N2CCC(c3ncn[nH]3)CC2)C[C@H]1N.Cl. The molecule has 1 amide bonds. The largest absolute Gasteiger partial charge is 0.377 e. The molecule has 1 saturated heterocycles. The van der Waals surface area contributed by atoms with E-state index in [1.54, 1.807) is 6.33 Å². The summed E-state index contributed by atoms with van der Waals surface area (Å²) in [6.45, 7) is 4.45. The number of carbonyl (C=O) groups excluding carboxylic acids is 1. The molecule has 3 N–H and O–H groups in total. The molecule has 1 aliphatic heterocycles. The second-order valence-corrected chi connectivity index (χ2v) is 7.05. The van der Waals surface area contributed by atoms with Crippen molar-refractivity contribution in [2.45, 2.75) is 63.5 Å². The van der Waals surface area contributed by atoms with Gasteiger partial charge in [0, 0.05) is 37.6 Å². The van der Waals surface area contributed by atoms with Crippen molar-refractivity contribution >= 4 is 18.3 Å². The minimum absolute atomic E-state index is 0. The Morgan fingerprint density at radius 2 is 2.12 bits per heavy atom. The highest BCUT2D eigenvalue weighted by molar-refractivity contribution is 5.85. The Bertz CT molecular complexity index is 519. The van der Waals surface area contributed by atoms with Crippen LogP contribution in [0.15, 0.2) is 6.33 Å². The molecule has 0 aromatic carbocycles. The van der Waals surface area contributed by atoms with Gasteiger partial charge in [0.2, 0.25) is 5.91 Å². The highest BCUT2D eigenvalue weighted by Gasteiger charge is 2.35. The van der Waals surface area contributed by atoms with Crippen molar-refractivity contribution in [3.8, 4) is 0 Å². The van der Waals surface area contributed by atoms with E-state index in [0.29, 0.717) is 5.92 Å². The summed E-state index contributed by atoms with van der Waals surface area (Å²) in [6.07, 6.45) is 7.10. The first-order chi connectivity index (χ1) is 11.7. The lowest BCUT2D eigenvalue weighted by Crippen LogP contribution is -2.48. The van der Waals surface area contributed by atoms with Crippen LogP contribution in [0.5, 0.6) is 0 Å². The zero-order valence-electron chi connectivity index (χ0n) is 14.9. The standard InChI is InChI=1S/C17H29N5O2.ClH/c1-2-9-24-15-4-3-13(10-14(15)18)17(23)22-7-5-12(6-8-22)16-19-11-20-21-16;/h11-15H,2-10,18H2,1H3,(H,19,20,21);1H/t13-,14+,15+;/m0./s1. The van der Waals surface area contributed by atoms with Gasteiger partial charge < -0.3 is 15.4 Å². The van der Waals surface area contributed by atoms with E-state index >= 15 is 0 Å². The summed E-state index contributed by atoms with van der Waals surface area (Å²) in [5, 5.41) is 6.87. The molecule has 3 atom stereocenters. The van der Waals surface area contributed by atoms with Crippen LogP contribution in [0.1, 0.15) is 57.2 Å². The van der Waals surface area contributed by atoms with E-state index in [1.807, 2.05) is 4.90 Å². The molecule has 142 valence electrons. The van der Waals surface area contributed by atoms with Gasteiger partial charge in [0.05, 0.1) is 6.10 Å². The van der Waals surface area contributed by atoms with Crippen LogP contribution >= 0.6 is 12.4 Å². The molecule has 1 aliphatic carbocycles. The lowest BCUT2D eigenvalue weighted by Gasteiger charge is -2.38.